The van der Waals surface area contributed by atoms with Gasteiger partial charge >= 0.3 is 0 Å². The van der Waals surface area contributed by atoms with E-state index >= 15 is 0 Å². The molecule has 158 valence electrons. The van der Waals surface area contributed by atoms with Crippen molar-refractivity contribution in [2.24, 2.45) is 0 Å². The smallest absolute Gasteiger partial charge is 0.222 e. The first kappa shape index (κ1) is 21.9. The maximum atomic E-state index is 12.3. The van der Waals surface area contributed by atoms with Crippen molar-refractivity contribution in [2.45, 2.75) is 32.9 Å². The Balaban J connectivity index is 1.56. The van der Waals surface area contributed by atoms with Crippen LogP contribution in [0.3, 0.4) is 0 Å². The Hall–Kier alpha value is -2.77. The van der Waals surface area contributed by atoms with Gasteiger partial charge in [-0.3, -0.25) is 4.79 Å². The molecule has 30 heavy (non-hydrogen) atoms. The zero-order valence-electron chi connectivity index (χ0n) is 16.9. The number of benzene rings is 2. The van der Waals surface area contributed by atoms with Gasteiger partial charge in [0.15, 0.2) is 0 Å². The molecule has 0 bridgehead atoms. The fraction of sp³-hybridized carbons (Fsp3) is 0.286. The van der Waals surface area contributed by atoms with Crippen molar-refractivity contribution in [3.05, 3.63) is 64.2 Å². The summed E-state index contributed by atoms with van der Waals surface area (Å²) < 4.78 is 7.15. The maximum Gasteiger partial charge on any atom is 0.222 e. The molecule has 1 unspecified atom stereocenters. The van der Waals surface area contributed by atoms with E-state index < -0.39 is 0 Å². The van der Waals surface area contributed by atoms with Crippen LogP contribution in [0.5, 0.6) is 5.75 Å². The van der Waals surface area contributed by atoms with E-state index in [1.807, 2.05) is 38.1 Å². The number of nitrogens with zero attached hydrogens (tertiary/aromatic N) is 3. The zero-order chi connectivity index (χ0) is 21.7. The van der Waals surface area contributed by atoms with Crippen molar-refractivity contribution in [3.8, 4) is 11.4 Å². The fourth-order valence-corrected chi connectivity index (χ4v) is 3.28. The maximum absolute atomic E-state index is 12.3. The van der Waals surface area contributed by atoms with Gasteiger partial charge in [-0.05, 0) is 43.7 Å². The lowest BCUT2D eigenvalue weighted by Crippen LogP contribution is -2.29. The van der Waals surface area contributed by atoms with Crippen molar-refractivity contribution >= 4 is 34.8 Å². The fourth-order valence-electron chi connectivity index (χ4n) is 2.95. The summed E-state index contributed by atoms with van der Waals surface area (Å²) in [4.78, 5) is 16.4. The number of aryl methyl sites for hydroxylation is 1. The van der Waals surface area contributed by atoms with E-state index in [4.69, 9.17) is 27.9 Å². The molecule has 0 aliphatic rings. The summed E-state index contributed by atoms with van der Waals surface area (Å²) in [7, 11) is 1.60. The second kappa shape index (κ2) is 9.82. The Morgan fingerprint density at radius 3 is 2.67 bits per heavy atom. The van der Waals surface area contributed by atoms with Crippen LogP contribution in [-0.4, -0.2) is 33.8 Å². The molecule has 0 radical (unpaired) electrons. The lowest BCUT2D eigenvalue weighted by molar-refractivity contribution is -0.121. The third-order valence-electron chi connectivity index (χ3n) is 4.41. The Bertz CT molecular complexity index is 1040. The van der Waals surface area contributed by atoms with Gasteiger partial charge in [0.1, 0.15) is 23.6 Å². The highest BCUT2D eigenvalue weighted by molar-refractivity contribution is 6.42. The number of hydrogen-bond acceptors (Lipinski definition) is 5. The first-order valence-corrected chi connectivity index (χ1v) is 10.1. The summed E-state index contributed by atoms with van der Waals surface area (Å²) in [6, 6.07) is 10.9. The van der Waals surface area contributed by atoms with Gasteiger partial charge in [0.05, 0.1) is 17.2 Å². The molecule has 0 aliphatic heterocycles. The first-order chi connectivity index (χ1) is 14.4. The quantitative estimate of drug-likeness (QED) is 0.534. The minimum Gasteiger partial charge on any atom is -0.494 e. The average Bonchev–Trinajstić information content (AvgIpc) is 3.14. The number of ether oxygens (including phenoxy) is 1. The van der Waals surface area contributed by atoms with Gasteiger partial charge in [-0.2, -0.15) is 5.10 Å². The average molecular weight is 448 g/mol. The topological polar surface area (TPSA) is 81.1 Å². The molecule has 1 amide bonds. The van der Waals surface area contributed by atoms with E-state index in [1.165, 1.54) is 0 Å². The molecule has 0 saturated heterocycles. The number of methoxy groups -OCH3 is 1. The molecule has 0 saturated carbocycles. The number of amides is 1. The summed E-state index contributed by atoms with van der Waals surface area (Å²) in [6.45, 7) is 4.16. The SMILES string of the molecule is COc1cc(NC(C)CC(=O)NCc2ccc(Cl)c(Cl)c2)ccc1-n1cnc(C)n1. The van der Waals surface area contributed by atoms with Crippen LogP contribution in [0.1, 0.15) is 24.7 Å². The van der Waals surface area contributed by atoms with Crippen molar-refractivity contribution in [3.63, 3.8) is 0 Å². The number of aromatic nitrogens is 3. The number of anilines is 1. The zero-order valence-corrected chi connectivity index (χ0v) is 18.5. The number of nitrogens with one attached hydrogen (secondary N) is 2. The van der Waals surface area contributed by atoms with Gasteiger partial charge in [0.2, 0.25) is 5.91 Å². The normalized spacial score (nSPS) is 11.8. The number of halogens is 2. The molecule has 7 nitrogen and oxygen atoms in total. The van der Waals surface area contributed by atoms with E-state index in [0.717, 1.165) is 16.9 Å². The van der Waals surface area contributed by atoms with Crippen LogP contribution in [0.25, 0.3) is 5.69 Å². The standard InChI is InChI=1S/C21H23Cl2N5O2/c1-13(8-21(29)24-11-15-4-6-17(22)18(23)9-15)26-16-5-7-19(20(10-16)30-3)28-12-25-14(2)27-28/h4-7,9-10,12-13,26H,8,11H2,1-3H3,(H,24,29). The highest BCUT2D eigenvalue weighted by atomic mass is 35.5. The van der Waals surface area contributed by atoms with Crippen LogP contribution < -0.4 is 15.4 Å². The molecule has 2 N–H and O–H groups in total. The predicted octanol–water partition coefficient (Wildman–Crippen LogP) is 4.40. The van der Waals surface area contributed by atoms with Gasteiger partial charge < -0.3 is 15.4 Å². The molecule has 0 aliphatic carbocycles. The summed E-state index contributed by atoms with van der Waals surface area (Å²) >= 11 is 11.9. The third-order valence-corrected chi connectivity index (χ3v) is 5.15. The Kier molecular flexibility index (Phi) is 7.18. The van der Waals surface area contributed by atoms with Gasteiger partial charge in [0.25, 0.3) is 0 Å². The minimum absolute atomic E-state index is 0.0669. The van der Waals surface area contributed by atoms with E-state index in [9.17, 15) is 4.79 Å². The molecule has 1 aromatic heterocycles. The van der Waals surface area contributed by atoms with Crippen molar-refractivity contribution < 1.29 is 9.53 Å². The van der Waals surface area contributed by atoms with E-state index in [2.05, 4.69) is 20.7 Å². The largest absolute Gasteiger partial charge is 0.494 e. The van der Waals surface area contributed by atoms with Crippen LogP contribution in [-0.2, 0) is 11.3 Å². The van der Waals surface area contributed by atoms with Gasteiger partial charge in [0, 0.05) is 30.8 Å². The highest BCUT2D eigenvalue weighted by Gasteiger charge is 2.12. The van der Waals surface area contributed by atoms with Crippen molar-refractivity contribution in [2.75, 3.05) is 12.4 Å². The summed E-state index contributed by atoms with van der Waals surface area (Å²) in [5.41, 5.74) is 2.52. The lowest BCUT2D eigenvalue weighted by atomic mass is 10.2. The Labute approximate surface area is 185 Å². The molecular weight excluding hydrogens is 425 g/mol. The Morgan fingerprint density at radius 2 is 2.00 bits per heavy atom. The van der Waals surface area contributed by atoms with E-state index in [0.29, 0.717) is 34.6 Å². The van der Waals surface area contributed by atoms with Gasteiger partial charge in [-0.15, -0.1) is 0 Å². The second-order valence-electron chi connectivity index (χ2n) is 6.90. The van der Waals surface area contributed by atoms with Crippen LogP contribution in [0.2, 0.25) is 10.0 Å². The molecule has 0 fully saturated rings. The monoisotopic (exact) mass is 447 g/mol. The van der Waals surface area contributed by atoms with Gasteiger partial charge in [-0.25, -0.2) is 9.67 Å². The van der Waals surface area contributed by atoms with Crippen molar-refractivity contribution in [1.82, 2.24) is 20.1 Å². The molecular formula is C21H23Cl2N5O2. The van der Waals surface area contributed by atoms with Gasteiger partial charge in [-0.1, -0.05) is 29.3 Å². The van der Waals surface area contributed by atoms with Crippen molar-refractivity contribution in [1.29, 1.82) is 0 Å². The third kappa shape index (κ3) is 5.64. The molecule has 3 aromatic rings. The number of carbonyl (C=O) groups excluding carboxylic acids is 1. The van der Waals surface area contributed by atoms with E-state index in [1.54, 1.807) is 30.3 Å². The first-order valence-electron chi connectivity index (χ1n) is 9.39. The summed E-state index contributed by atoms with van der Waals surface area (Å²) in [5.74, 6) is 1.27. The van der Waals surface area contributed by atoms with Crippen LogP contribution in [0.4, 0.5) is 5.69 Å². The summed E-state index contributed by atoms with van der Waals surface area (Å²) in [5, 5.41) is 11.5. The minimum atomic E-state index is -0.0806. The van der Waals surface area contributed by atoms with Crippen LogP contribution >= 0.6 is 23.2 Å². The molecule has 1 heterocycles. The van der Waals surface area contributed by atoms with E-state index in [-0.39, 0.29) is 11.9 Å². The number of carbonyl (C=O) groups is 1. The molecule has 2 aromatic carbocycles. The lowest BCUT2D eigenvalue weighted by Gasteiger charge is -2.17. The number of hydrogen-bond donors (Lipinski definition) is 2. The highest BCUT2D eigenvalue weighted by Crippen LogP contribution is 2.27. The molecule has 1 atom stereocenters. The second-order valence-corrected chi connectivity index (χ2v) is 7.71. The molecule has 0 spiro atoms. The summed E-state index contributed by atoms with van der Waals surface area (Å²) in [6.07, 6.45) is 1.95. The Morgan fingerprint density at radius 1 is 1.20 bits per heavy atom. The number of rotatable bonds is 8. The predicted molar refractivity (Wildman–Crippen MR) is 119 cm³/mol. The molecule has 9 heteroatoms. The van der Waals surface area contributed by atoms with Crippen LogP contribution in [0, 0.1) is 6.92 Å². The van der Waals surface area contributed by atoms with Crippen LogP contribution in [0.15, 0.2) is 42.7 Å². The molecule has 3 rings (SSSR count).